The average Bonchev–Trinajstić information content (AvgIpc) is 2.82. The molecule has 2 aromatic rings. The molecule has 0 bridgehead atoms. The lowest BCUT2D eigenvalue weighted by Crippen LogP contribution is -2.47. The predicted octanol–water partition coefficient (Wildman–Crippen LogP) is 3.13. The molecule has 0 radical (unpaired) electrons. The summed E-state index contributed by atoms with van der Waals surface area (Å²) in [5.74, 6) is -0.323. The lowest BCUT2D eigenvalue weighted by Gasteiger charge is -2.34. The molecule has 0 saturated carbocycles. The van der Waals surface area contributed by atoms with E-state index in [4.69, 9.17) is 0 Å². The maximum absolute atomic E-state index is 13.1. The van der Waals surface area contributed by atoms with Crippen molar-refractivity contribution in [1.82, 2.24) is 14.9 Å². The molecule has 1 heterocycles. The Morgan fingerprint density at radius 3 is 2.30 bits per heavy atom. The number of piperidine rings is 1. The van der Waals surface area contributed by atoms with Crippen LogP contribution in [0.15, 0.2) is 47.4 Å². The molecule has 2 amide bonds. The van der Waals surface area contributed by atoms with E-state index in [1.54, 1.807) is 19.9 Å². The molecule has 2 N–H and O–H groups in total. The van der Waals surface area contributed by atoms with E-state index in [1.165, 1.54) is 13.1 Å². The second-order valence-electron chi connectivity index (χ2n) is 8.57. The third-order valence-corrected chi connectivity index (χ3v) is 8.03. The Morgan fingerprint density at radius 1 is 1.09 bits per heavy atom. The van der Waals surface area contributed by atoms with E-state index >= 15 is 0 Å². The van der Waals surface area contributed by atoms with Crippen LogP contribution in [0.3, 0.4) is 0 Å². The number of sulfonamides is 1. The zero-order valence-corrected chi connectivity index (χ0v) is 20.5. The molecule has 1 atom stereocenters. The molecular formula is C25H33N3O4S. The van der Waals surface area contributed by atoms with Gasteiger partial charge in [0.2, 0.25) is 15.9 Å². The minimum atomic E-state index is -3.67. The first-order valence-electron chi connectivity index (χ1n) is 11.4. The van der Waals surface area contributed by atoms with Crippen LogP contribution < -0.4 is 10.0 Å². The summed E-state index contributed by atoms with van der Waals surface area (Å²) >= 11 is 0. The summed E-state index contributed by atoms with van der Waals surface area (Å²) < 4.78 is 27.0. The molecule has 1 aliphatic heterocycles. The van der Waals surface area contributed by atoms with Gasteiger partial charge in [-0.2, -0.15) is 0 Å². The summed E-state index contributed by atoms with van der Waals surface area (Å²) in [5, 5.41) is 3.02. The van der Waals surface area contributed by atoms with Crippen molar-refractivity contribution in [2.75, 3.05) is 20.1 Å². The summed E-state index contributed by atoms with van der Waals surface area (Å²) in [6.45, 7) is 6.71. The quantitative estimate of drug-likeness (QED) is 0.649. The number of rotatable bonds is 7. The number of nitrogens with one attached hydrogen (secondary N) is 2. The standard InChI is InChI=1S/C25H33N3O4S/c1-5-22(19-9-7-6-8-10-19)25(30)28-13-11-21(12-14-28)27-24(29)20-15-17(2)18(3)23(16-20)33(31,32)26-4/h6-10,15-16,21-22,26H,5,11-14H2,1-4H3,(H,27,29). The molecule has 0 spiro atoms. The zero-order valence-electron chi connectivity index (χ0n) is 19.7. The molecule has 1 fully saturated rings. The van der Waals surface area contributed by atoms with Crippen molar-refractivity contribution >= 4 is 21.8 Å². The lowest BCUT2D eigenvalue weighted by atomic mass is 9.93. The molecule has 1 unspecified atom stereocenters. The summed E-state index contributed by atoms with van der Waals surface area (Å²) in [5.41, 5.74) is 2.71. The summed E-state index contributed by atoms with van der Waals surface area (Å²) in [4.78, 5) is 28.0. The van der Waals surface area contributed by atoms with E-state index in [2.05, 4.69) is 10.0 Å². The van der Waals surface area contributed by atoms with Gasteiger partial charge in [-0.15, -0.1) is 0 Å². The molecular weight excluding hydrogens is 438 g/mol. The fourth-order valence-corrected chi connectivity index (χ4v) is 5.38. The van der Waals surface area contributed by atoms with Crippen molar-refractivity contribution < 1.29 is 18.0 Å². The first-order chi connectivity index (χ1) is 15.7. The topological polar surface area (TPSA) is 95.6 Å². The van der Waals surface area contributed by atoms with Crippen LogP contribution in [0, 0.1) is 13.8 Å². The number of benzene rings is 2. The number of hydrogen-bond donors (Lipinski definition) is 2. The van der Waals surface area contributed by atoms with Crippen molar-refractivity contribution in [2.24, 2.45) is 0 Å². The largest absolute Gasteiger partial charge is 0.349 e. The van der Waals surface area contributed by atoms with E-state index in [9.17, 15) is 18.0 Å². The van der Waals surface area contributed by atoms with Gasteiger partial charge < -0.3 is 10.2 Å². The van der Waals surface area contributed by atoms with Crippen LogP contribution in [0.2, 0.25) is 0 Å². The maximum atomic E-state index is 13.1. The lowest BCUT2D eigenvalue weighted by molar-refractivity contribution is -0.134. The highest BCUT2D eigenvalue weighted by Crippen LogP contribution is 2.25. The highest BCUT2D eigenvalue weighted by molar-refractivity contribution is 7.89. The summed E-state index contributed by atoms with van der Waals surface area (Å²) in [7, 11) is -2.31. The molecule has 7 nitrogen and oxygen atoms in total. The van der Waals surface area contributed by atoms with E-state index in [0.717, 1.165) is 17.5 Å². The van der Waals surface area contributed by atoms with Crippen LogP contribution in [0.1, 0.15) is 59.2 Å². The number of likely N-dealkylation sites (tertiary alicyclic amines) is 1. The van der Waals surface area contributed by atoms with E-state index in [-0.39, 0.29) is 28.7 Å². The van der Waals surface area contributed by atoms with E-state index in [1.807, 2.05) is 42.2 Å². The number of nitrogens with zero attached hydrogens (tertiary/aromatic N) is 1. The van der Waals surface area contributed by atoms with Crippen LogP contribution >= 0.6 is 0 Å². The van der Waals surface area contributed by atoms with Crippen LogP contribution in [-0.4, -0.2) is 51.3 Å². The van der Waals surface area contributed by atoms with Crippen molar-refractivity contribution in [3.05, 3.63) is 64.7 Å². The Balaban J connectivity index is 1.64. The second kappa shape index (κ2) is 10.5. The Bertz CT molecular complexity index is 1110. The SMILES string of the molecule is CCC(C(=O)N1CCC(NC(=O)c2cc(C)c(C)c(S(=O)(=O)NC)c2)CC1)c1ccccc1. The molecule has 178 valence electrons. The Hall–Kier alpha value is -2.71. The van der Waals surface area contributed by atoms with Crippen molar-refractivity contribution in [1.29, 1.82) is 0 Å². The van der Waals surface area contributed by atoms with Gasteiger partial charge in [0, 0.05) is 24.7 Å². The van der Waals surface area contributed by atoms with Crippen LogP contribution in [0.4, 0.5) is 0 Å². The minimum absolute atomic E-state index is 0.0654. The van der Waals surface area contributed by atoms with Gasteiger partial charge in [0.25, 0.3) is 5.91 Å². The second-order valence-corrected chi connectivity index (χ2v) is 10.4. The van der Waals surface area contributed by atoms with Gasteiger partial charge in [-0.3, -0.25) is 9.59 Å². The third-order valence-electron chi connectivity index (χ3n) is 6.49. The molecule has 1 aliphatic rings. The van der Waals surface area contributed by atoms with Crippen molar-refractivity contribution in [3.63, 3.8) is 0 Å². The summed E-state index contributed by atoms with van der Waals surface area (Å²) in [6, 6.07) is 12.9. The molecule has 2 aromatic carbocycles. The van der Waals surface area contributed by atoms with Crippen LogP contribution in [0.25, 0.3) is 0 Å². The predicted molar refractivity (Wildman–Crippen MR) is 129 cm³/mol. The minimum Gasteiger partial charge on any atom is -0.349 e. The monoisotopic (exact) mass is 471 g/mol. The Labute approximate surface area is 196 Å². The fourth-order valence-electron chi connectivity index (χ4n) is 4.32. The Kier molecular flexibility index (Phi) is 7.92. The highest BCUT2D eigenvalue weighted by atomic mass is 32.2. The van der Waals surface area contributed by atoms with E-state index < -0.39 is 10.0 Å². The number of amides is 2. The molecule has 8 heteroatoms. The fraction of sp³-hybridized carbons (Fsp3) is 0.440. The van der Waals surface area contributed by atoms with Crippen molar-refractivity contribution in [2.45, 2.75) is 56.9 Å². The van der Waals surface area contributed by atoms with Gasteiger partial charge >= 0.3 is 0 Å². The van der Waals surface area contributed by atoms with Gasteiger partial charge in [-0.25, -0.2) is 13.1 Å². The number of carbonyl (C=O) groups is 2. The van der Waals surface area contributed by atoms with Gasteiger partial charge in [0.1, 0.15) is 0 Å². The molecule has 1 saturated heterocycles. The smallest absolute Gasteiger partial charge is 0.251 e. The number of aryl methyl sites for hydroxylation is 1. The molecule has 0 aromatic heterocycles. The van der Waals surface area contributed by atoms with Gasteiger partial charge in [0.15, 0.2) is 0 Å². The first kappa shape index (κ1) is 24.9. The van der Waals surface area contributed by atoms with Crippen LogP contribution in [-0.2, 0) is 14.8 Å². The van der Waals surface area contributed by atoms with Gasteiger partial charge in [-0.05, 0) is 69.0 Å². The normalized spacial score (nSPS) is 15.8. The number of hydrogen-bond acceptors (Lipinski definition) is 4. The number of carbonyl (C=O) groups excluding carboxylic acids is 2. The third kappa shape index (κ3) is 5.62. The molecule has 3 rings (SSSR count). The van der Waals surface area contributed by atoms with E-state index in [0.29, 0.717) is 37.1 Å². The molecule has 33 heavy (non-hydrogen) atoms. The van der Waals surface area contributed by atoms with Crippen molar-refractivity contribution in [3.8, 4) is 0 Å². The van der Waals surface area contributed by atoms with Gasteiger partial charge in [0.05, 0.1) is 10.8 Å². The summed E-state index contributed by atoms with van der Waals surface area (Å²) in [6.07, 6.45) is 2.06. The van der Waals surface area contributed by atoms with Crippen LogP contribution in [0.5, 0.6) is 0 Å². The highest BCUT2D eigenvalue weighted by Gasteiger charge is 2.29. The zero-order chi connectivity index (χ0) is 24.2. The molecule has 0 aliphatic carbocycles. The maximum Gasteiger partial charge on any atom is 0.251 e. The first-order valence-corrected chi connectivity index (χ1v) is 12.9. The van der Waals surface area contributed by atoms with Gasteiger partial charge in [-0.1, -0.05) is 37.3 Å². The average molecular weight is 472 g/mol. The Morgan fingerprint density at radius 2 is 1.73 bits per heavy atom.